The van der Waals surface area contributed by atoms with Gasteiger partial charge in [0.25, 0.3) is 0 Å². The Morgan fingerprint density at radius 3 is 2.85 bits per heavy atom. The second kappa shape index (κ2) is 7.64. The highest BCUT2D eigenvalue weighted by Crippen LogP contribution is 2.48. The molecule has 0 spiro atoms. The molecular formula is C20H27ClO5. The smallest absolute Gasteiger partial charge is 0.203 e. The molecule has 1 unspecified atom stereocenters. The molecule has 26 heavy (non-hydrogen) atoms. The van der Waals surface area contributed by atoms with E-state index < -0.39 is 12.1 Å². The molecule has 0 amide bonds. The van der Waals surface area contributed by atoms with E-state index in [-0.39, 0.29) is 6.10 Å². The molecule has 3 aliphatic rings. The molecule has 5 nitrogen and oxygen atoms in total. The summed E-state index contributed by atoms with van der Waals surface area (Å²) in [5.41, 5.74) is 0. The van der Waals surface area contributed by atoms with Gasteiger partial charge in [0.2, 0.25) is 5.79 Å². The molecule has 1 aliphatic carbocycles. The van der Waals surface area contributed by atoms with Gasteiger partial charge in [-0.2, -0.15) is 0 Å². The van der Waals surface area contributed by atoms with E-state index in [1.807, 2.05) is 18.2 Å². The van der Waals surface area contributed by atoms with Crippen LogP contribution in [-0.2, 0) is 14.2 Å². The number of halogens is 1. The van der Waals surface area contributed by atoms with Crippen LogP contribution >= 0.6 is 11.6 Å². The monoisotopic (exact) mass is 382 g/mol. The number of fused-ring (bicyclic) bond motifs is 1. The molecule has 3 fully saturated rings. The number of aliphatic hydroxyl groups is 1. The third-order valence-corrected chi connectivity index (χ3v) is 6.33. The van der Waals surface area contributed by atoms with E-state index in [1.165, 1.54) is 0 Å². The summed E-state index contributed by atoms with van der Waals surface area (Å²) in [4.78, 5) is 0. The summed E-state index contributed by atoms with van der Waals surface area (Å²) in [5, 5.41) is 10.4. The molecule has 2 aliphatic heterocycles. The molecule has 0 bridgehead atoms. The third-order valence-electron chi connectivity index (χ3n) is 6.10. The van der Waals surface area contributed by atoms with E-state index in [2.05, 4.69) is 6.92 Å². The van der Waals surface area contributed by atoms with Gasteiger partial charge in [0.05, 0.1) is 19.3 Å². The number of hydrogen-bond donors (Lipinski definition) is 1. The average Bonchev–Trinajstić information content (AvgIpc) is 3.27. The second-order valence-electron chi connectivity index (χ2n) is 7.80. The van der Waals surface area contributed by atoms with Crippen molar-refractivity contribution in [3.05, 3.63) is 29.3 Å². The predicted octanol–water partition coefficient (Wildman–Crippen LogP) is 3.62. The van der Waals surface area contributed by atoms with Crippen LogP contribution in [0.3, 0.4) is 0 Å². The number of aliphatic hydroxyl groups excluding tert-OH is 1. The number of benzene rings is 1. The molecule has 1 aromatic carbocycles. The van der Waals surface area contributed by atoms with E-state index in [0.717, 1.165) is 31.4 Å². The summed E-state index contributed by atoms with van der Waals surface area (Å²) >= 11 is 6.03. The Hall–Kier alpha value is -0.850. The topological polar surface area (TPSA) is 57.2 Å². The fraction of sp³-hybridized carbons (Fsp3) is 0.700. The van der Waals surface area contributed by atoms with Gasteiger partial charge in [0.15, 0.2) is 6.29 Å². The van der Waals surface area contributed by atoms with Crippen molar-refractivity contribution in [1.82, 2.24) is 0 Å². The zero-order chi connectivity index (χ0) is 18.1. The molecule has 1 saturated carbocycles. The first kappa shape index (κ1) is 18.5. The fourth-order valence-corrected chi connectivity index (χ4v) is 5.00. The summed E-state index contributed by atoms with van der Waals surface area (Å²) < 4.78 is 23.5. The quantitative estimate of drug-likeness (QED) is 0.814. The van der Waals surface area contributed by atoms with Crippen molar-refractivity contribution in [2.45, 2.75) is 50.8 Å². The fourth-order valence-electron chi connectivity index (χ4n) is 4.82. The van der Waals surface area contributed by atoms with Crippen LogP contribution in [0.15, 0.2) is 24.3 Å². The maximum absolute atomic E-state index is 9.80. The van der Waals surface area contributed by atoms with Gasteiger partial charge < -0.3 is 24.1 Å². The van der Waals surface area contributed by atoms with Gasteiger partial charge in [-0.15, -0.1) is 0 Å². The highest BCUT2D eigenvalue weighted by molar-refractivity contribution is 6.30. The molecule has 144 valence electrons. The van der Waals surface area contributed by atoms with Crippen LogP contribution in [0.4, 0.5) is 0 Å². The van der Waals surface area contributed by atoms with Crippen LogP contribution < -0.4 is 4.74 Å². The van der Waals surface area contributed by atoms with Crippen molar-refractivity contribution in [2.75, 3.05) is 19.8 Å². The molecule has 0 aromatic heterocycles. The van der Waals surface area contributed by atoms with Crippen LogP contribution in [0.1, 0.15) is 32.6 Å². The van der Waals surface area contributed by atoms with Gasteiger partial charge >= 0.3 is 0 Å². The molecule has 1 N–H and O–H groups in total. The minimum atomic E-state index is -0.696. The Balaban J connectivity index is 1.37. The van der Waals surface area contributed by atoms with Crippen molar-refractivity contribution in [2.24, 2.45) is 17.8 Å². The maximum atomic E-state index is 9.80. The first-order valence-electron chi connectivity index (χ1n) is 9.54. The molecule has 2 saturated heterocycles. The van der Waals surface area contributed by atoms with E-state index in [4.69, 9.17) is 30.5 Å². The van der Waals surface area contributed by atoms with E-state index in [0.29, 0.717) is 42.6 Å². The molecule has 0 radical (unpaired) electrons. The molecule has 5 atom stereocenters. The standard InChI is InChI=1S/C20H27ClO5/c1-13-9-18-17(11-19(22)26-18)16(13)5-6-20(24-7-8-25-20)12-23-15-4-2-3-14(21)10-15/h2-4,10,13,16-19,22H,5-9,11-12H2,1H3/t13-,16+,17-,18+,19?/m1/s1. The molecule has 1 aromatic rings. The van der Waals surface area contributed by atoms with E-state index in [1.54, 1.807) is 6.07 Å². The van der Waals surface area contributed by atoms with Crippen LogP contribution in [0.2, 0.25) is 5.02 Å². The van der Waals surface area contributed by atoms with Crippen molar-refractivity contribution < 1.29 is 24.1 Å². The van der Waals surface area contributed by atoms with Gasteiger partial charge in [-0.05, 0) is 48.8 Å². The lowest BCUT2D eigenvalue weighted by Crippen LogP contribution is -2.38. The first-order valence-corrected chi connectivity index (χ1v) is 9.92. The van der Waals surface area contributed by atoms with Crippen molar-refractivity contribution in [1.29, 1.82) is 0 Å². The average molecular weight is 383 g/mol. The summed E-state index contributed by atoms with van der Waals surface area (Å²) in [6.07, 6.45) is 3.14. The zero-order valence-corrected chi connectivity index (χ0v) is 15.9. The third kappa shape index (κ3) is 3.87. The SMILES string of the molecule is C[C@@H]1C[C@@H]2OC(O)C[C@@H]2[C@H]1CCC1(COc2cccc(Cl)c2)OCCO1. The minimum absolute atomic E-state index is 0.203. The maximum Gasteiger partial charge on any atom is 0.203 e. The van der Waals surface area contributed by atoms with Crippen molar-refractivity contribution in [3.63, 3.8) is 0 Å². The number of rotatable bonds is 6. The molecular weight excluding hydrogens is 356 g/mol. The lowest BCUT2D eigenvalue weighted by Gasteiger charge is -2.30. The van der Waals surface area contributed by atoms with Crippen LogP contribution in [-0.4, -0.2) is 43.1 Å². The summed E-state index contributed by atoms with van der Waals surface area (Å²) in [6, 6.07) is 7.37. The van der Waals surface area contributed by atoms with Gasteiger partial charge in [-0.25, -0.2) is 0 Å². The van der Waals surface area contributed by atoms with Crippen molar-refractivity contribution >= 4 is 11.6 Å². The predicted molar refractivity (Wildman–Crippen MR) is 97.1 cm³/mol. The zero-order valence-electron chi connectivity index (χ0n) is 15.1. The van der Waals surface area contributed by atoms with Crippen LogP contribution in [0, 0.1) is 17.8 Å². The Kier molecular flexibility index (Phi) is 5.44. The Morgan fingerprint density at radius 2 is 2.08 bits per heavy atom. The van der Waals surface area contributed by atoms with Gasteiger partial charge in [0, 0.05) is 17.9 Å². The van der Waals surface area contributed by atoms with Gasteiger partial charge in [-0.3, -0.25) is 0 Å². The Labute approximate surface area is 159 Å². The van der Waals surface area contributed by atoms with Gasteiger partial charge in [-0.1, -0.05) is 24.6 Å². The Morgan fingerprint density at radius 1 is 1.27 bits per heavy atom. The minimum Gasteiger partial charge on any atom is -0.488 e. The summed E-state index contributed by atoms with van der Waals surface area (Å²) in [5.74, 6) is 1.57. The number of ether oxygens (including phenoxy) is 4. The lowest BCUT2D eigenvalue weighted by atomic mass is 9.83. The van der Waals surface area contributed by atoms with Crippen LogP contribution in [0.5, 0.6) is 5.75 Å². The highest BCUT2D eigenvalue weighted by atomic mass is 35.5. The first-order chi connectivity index (χ1) is 12.5. The van der Waals surface area contributed by atoms with Crippen LogP contribution in [0.25, 0.3) is 0 Å². The summed E-state index contributed by atoms with van der Waals surface area (Å²) in [6.45, 7) is 3.81. The molecule has 2 heterocycles. The second-order valence-corrected chi connectivity index (χ2v) is 8.23. The normalized spacial score (nSPS) is 35.6. The Bertz CT molecular complexity index is 618. The van der Waals surface area contributed by atoms with Gasteiger partial charge in [0.1, 0.15) is 12.4 Å². The highest BCUT2D eigenvalue weighted by Gasteiger charge is 2.48. The lowest BCUT2D eigenvalue weighted by molar-refractivity contribution is -0.184. The molecule has 4 rings (SSSR count). The number of hydrogen-bond acceptors (Lipinski definition) is 5. The van der Waals surface area contributed by atoms with Crippen molar-refractivity contribution in [3.8, 4) is 5.75 Å². The molecule has 6 heteroatoms. The summed E-state index contributed by atoms with van der Waals surface area (Å²) in [7, 11) is 0. The van der Waals surface area contributed by atoms with E-state index in [9.17, 15) is 5.11 Å². The van der Waals surface area contributed by atoms with E-state index >= 15 is 0 Å². The largest absolute Gasteiger partial charge is 0.488 e.